The molecular weight excluding hydrogens is 456 g/mol. The molecule has 0 aromatic heterocycles. The van der Waals surface area contributed by atoms with Crippen LogP contribution in [0.1, 0.15) is 36.5 Å². The topological polar surface area (TPSA) is 110 Å². The van der Waals surface area contributed by atoms with Gasteiger partial charge >= 0.3 is 0 Å². The highest BCUT2D eigenvalue weighted by atomic mass is 32.2. The zero-order valence-corrected chi connectivity index (χ0v) is 20.6. The Labute approximate surface area is 203 Å². The summed E-state index contributed by atoms with van der Waals surface area (Å²) in [6, 6.07) is 7.70. The van der Waals surface area contributed by atoms with E-state index in [4.69, 9.17) is 24.4 Å². The van der Waals surface area contributed by atoms with Gasteiger partial charge in [-0.1, -0.05) is 23.9 Å². The largest absolute Gasteiger partial charge is 0.504 e. The molecule has 182 valence electrons. The summed E-state index contributed by atoms with van der Waals surface area (Å²) in [5.41, 5.74) is 2.25. The fraction of sp³-hybridized carbons (Fsp3) is 0.440. The summed E-state index contributed by atoms with van der Waals surface area (Å²) in [6.45, 7) is 4.38. The molecule has 0 spiro atoms. The second kappa shape index (κ2) is 9.66. The van der Waals surface area contributed by atoms with E-state index in [1.54, 1.807) is 0 Å². The van der Waals surface area contributed by atoms with Crippen molar-refractivity contribution in [1.29, 1.82) is 5.41 Å². The predicted octanol–water partition coefficient (Wildman–Crippen LogP) is 3.98. The number of thioether (sulfide) groups is 1. The number of ether oxygens (including phenoxy) is 4. The van der Waals surface area contributed by atoms with Crippen LogP contribution in [0.25, 0.3) is 0 Å². The maximum atomic E-state index is 11.8. The molecule has 8 nitrogen and oxygen atoms in total. The molecule has 0 aliphatic carbocycles. The number of phenolic OH excluding ortho intramolecular Hbond substituents is 1. The van der Waals surface area contributed by atoms with Gasteiger partial charge in [-0.2, -0.15) is 0 Å². The lowest BCUT2D eigenvalue weighted by Gasteiger charge is -2.37. The van der Waals surface area contributed by atoms with Crippen LogP contribution in [0.2, 0.25) is 0 Å². The van der Waals surface area contributed by atoms with E-state index >= 15 is 0 Å². The molecule has 2 atom stereocenters. The van der Waals surface area contributed by atoms with Gasteiger partial charge in [-0.3, -0.25) is 10.2 Å². The fourth-order valence-electron chi connectivity index (χ4n) is 4.35. The fourth-order valence-corrected chi connectivity index (χ4v) is 5.24. The van der Waals surface area contributed by atoms with Gasteiger partial charge in [0, 0.05) is 17.5 Å². The number of methoxy groups -OCH3 is 2. The number of nitrogens with one attached hydrogen (secondary N) is 2. The van der Waals surface area contributed by atoms with Crippen molar-refractivity contribution < 1.29 is 28.8 Å². The van der Waals surface area contributed by atoms with Crippen molar-refractivity contribution in [3.05, 3.63) is 41.0 Å². The lowest BCUT2D eigenvalue weighted by atomic mass is 9.87. The van der Waals surface area contributed by atoms with E-state index < -0.39 is 5.60 Å². The standard InChI is InChI=1S/C25H30N2O6S/c1-14-17-9-10-25(2,33-20(17)22(31-4)21(30-3)19(14)28)11-12-32-16-7-5-15(6-8-16)13-18-23(29)27-24(26)34-18/h5-8,18,28H,9-13H2,1-4H3,(H2,26,27,29). The first kappa shape index (κ1) is 24.1. The predicted molar refractivity (Wildman–Crippen MR) is 131 cm³/mol. The number of carbonyl (C=O) groups is 1. The molecule has 1 saturated heterocycles. The van der Waals surface area contributed by atoms with Gasteiger partial charge in [0.1, 0.15) is 11.4 Å². The number of aromatic hydroxyl groups is 1. The number of hydrogen-bond donors (Lipinski definition) is 3. The Hall–Kier alpha value is -3.07. The van der Waals surface area contributed by atoms with Crippen LogP contribution in [-0.2, 0) is 17.6 Å². The van der Waals surface area contributed by atoms with Crippen LogP contribution in [0.5, 0.6) is 28.7 Å². The summed E-state index contributed by atoms with van der Waals surface area (Å²) in [5.74, 6) is 2.03. The number of fused-ring (bicyclic) bond motifs is 1. The van der Waals surface area contributed by atoms with Crippen LogP contribution in [0.3, 0.4) is 0 Å². The Morgan fingerprint density at radius 3 is 2.56 bits per heavy atom. The van der Waals surface area contributed by atoms with Gasteiger partial charge in [-0.15, -0.1) is 0 Å². The second-order valence-electron chi connectivity index (χ2n) is 8.77. The number of carbonyl (C=O) groups excluding carboxylic acids is 1. The Kier molecular flexibility index (Phi) is 6.84. The van der Waals surface area contributed by atoms with Gasteiger partial charge in [-0.05, 0) is 50.8 Å². The Morgan fingerprint density at radius 1 is 1.24 bits per heavy atom. The first-order valence-electron chi connectivity index (χ1n) is 11.2. The number of amides is 1. The summed E-state index contributed by atoms with van der Waals surface area (Å²) >= 11 is 1.25. The molecule has 1 fully saturated rings. The molecule has 9 heteroatoms. The van der Waals surface area contributed by atoms with Crippen molar-refractivity contribution in [2.24, 2.45) is 0 Å². The average molecular weight is 487 g/mol. The van der Waals surface area contributed by atoms with Crippen LogP contribution in [0, 0.1) is 12.3 Å². The highest BCUT2D eigenvalue weighted by molar-refractivity contribution is 8.15. The van der Waals surface area contributed by atoms with E-state index in [1.807, 2.05) is 31.2 Å². The maximum absolute atomic E-state index is 11.8. The van der Waals surface area contributed by atoms with Gasteiger partial charge in [0.05, 0.1) is 26.1 Å². The van der Waals surface area contributed by atoms with Crippen LogP contribution >= 0.6 is 11.8 Å². The summed E-state index contributed by atoms with van der Waals surface area (Å²) in [7, 11) is 3.04. The van der Waals surface area contributed by atoms with Gasteiger partial charge in [0.2, 0.25) is 17.4 Å². The molecule has 0 bridgehead atoms. The highest BCUT2D eigenvalue weighted by Crippen LogP contribution is 2.52. The summed E-state index contributed by atoms with van der Waals surface area (Å²) in [6.07, 6.45) is 2.78. The lowest BCUT2D eigenvalue weighted by Crippen LogP contribution is -2.38. The first-order chi connectivity index (χ1) is 16.2. The molecular formula is C25H30N2O6S. The maximum Gasteiger partial charge on any atom is 0.239 e. The third-order valence-electron chi connectivity index (χ3n) is 6.40. The van der Waals surface area contributed by atoms with E-state index in [-0.39, 0.29) is 27.8 Å². The monoisotopic (exact) mass is 486 g/mol. The SMILES string of the molecule is COc1c(O)c(C)c2c(c1OC)OC(C)(CCOc1ccc(CC3SC(=N)NC3=O)cc1)CC2. The van der Waals surface area contributed by atoms with Crippen molar-refractivity contribution in [3.8, 4) is 28.7 Å². The van der Waals surface area contributed by atoms with Crippen molar-refractivity contribution >= 4 is 22.8 Å². The minimum absolute atomic E-state index is 0.0857. The smallest absolute Gasteiger partial charge is 0.239 e. The Morgan fingerprint density at radius 2 is 1.94 bits per heavy atom. The van der Waals surface area contributed by atoms with Gasteiger partial charge in [-0.25, -0.2) is 0 Å². The van der Waals surface area contributed by atoms with Gasteiger partial charge in [0.25, 0.3) is 0 Å². The first-order valence-corrected chi connectivity index (χ1v) is 12.1. The van der Waals surface area contributed by atoms with Crippen molar-refractivity contribution in [2.75, 3.05) is 20.8 Å². The third-order valence-corrected chi connectivity index (χ3v) is 7.41. The number of phenols is 1. The van der Waals surface area contributed by atoms with Crippen molar-refractivity contribution in [3.63, 3.8) is 0 Å². The van der Waals surface area contributed by atoms with Crippen molar-refractivity contribution in [1.82, 2.24) is 5.32 Å². The van der Waals surface area contributed by atoms with Gasteiger partial charge < -0.3 is 29.4 Å². The van der Waals surface area contributed by atoms with E-state index in [0.717, 1.165) is 35.3 Å². The van der Waals surface area contributed by atoms with E-state index in [2.05, 4.69) is 12.2 Å². The Balaban J connectivity index is 1.37. The normalized spacial score (nSPS) is 21.5. The Bertz CT molecular complexity index is 1100. The lowest BCUT2D eigenvalue weighted by molar-refractivity contribution is -0.118. The zero-order chi connectivity index (χ0) is 24.5. The third kappa shape index (κ3) is 4.75. The molecule has 2 aliphatic rings. The van der Waals surface area contributed by atoms with Crippen LogP contribution in [0.4, 0.5) is 0 Å². The molecule has 3 N–H and O–H groups in total. The van der Waals surface area contributed by atoms with E-state index in [9.17, 15) is 9.90 Å². The molecule has 1 amide bonds. The quantitative estimate of drug-likeness (QED) is 0.518. The average Bonchev–Trinajstić information content (AvgIpc) is 3.13. The van der Waals surface area contributed by atoms with E-state index in [1.165, 1.54) is 26.0 Å². The summed E-state index contributed by atoms with van der Waals surface area (Å²) < 4.78 is 23.3. The minimum atomic E-state index is -0.452. The molecule has 2 aromatic carbocycles. The van der Waals surface area contributed by atoms with E-state index in [0.29, 0.717) is 30.9 Å². The number of amidine groups is 1. The number of benzene rings is 2. The van der Waals surface area contributed by atoms with Crippen molar-refractivity contribution in [2.45, 2.75) is 50.4 Å². The van der Waals surface area contributed by atoms with Gasteiger partial charge in [0.15, 0.2) is 16.7 Å². The summed E-state index contributed by atoms with van der Waals surface area (Å²) in [5, 5.41) is 20.5. The molecule has 4 rings (SSSR count). The minimum Gasteiger partial charge on any atom is -0.504 e. The summed E-state index contributed by atoms with van der Waals surface area (Å²) in [4.78, 5) is 11.8. The molecule has 2 unspecified atom stereocenters. The van der Waals surface area contributed by atoms with Crippen LogP contribution in [0.15, 0.2) is 24.3 Å². The molecule has 2 aliphatic heterocycles. The molecule has 2 aromatic rings. The molecule has 34 heavy (non-hydrogen) atoms. The van der Waals surface area contributed by atoms with Crippen LogP contribution in [-0.4, -0.2) is 47.9 Å². The van der Waals surface area contributed by atoms with Crippen LogP contribution < -0.4 is 24.3 Å². The zero-order valence-electron chi connectivity index (χ0n) is 19.8. The molecule has 2 heterocycles. The molecule has 0 saturated carbocycles. The second-order valence-corrected chi connectivity index (χ2v) is 9.98. The highest BCUT2D eigenvalue weighted by Gasteiger charge is 2.37. The molecule has 0 radical (unpaired) electrons. The number of hydrogen-bond acceptors (Lipinski definition) is 8. The number of rotatable bonds is 8.